The van der Waals surface area contributed by atoms with Crippen molar-refractivity contribution in [1.29, 1.82) is 0 Å². The van der Waals surface area contributed by atoms with Crippen LogP contribution in [0.15, 0.2) is 0 Å². The van der Waals surface area contributed by atoms with Crippen molar-refractivity contribution < 1.29 is 29.6 Å². The molecule has 3 N–H and O–H groups in total. The first kappa shape index (κ1) is 9.42. The molecule has 78 valence electrons. The Morgan fingerprint density at radius 3 is 2.21 bits per heavy atom. The van der Waals surface area contributed by atoms with Gasteiger partial charge in [-0.25, -0.2) is 0 Å². The number of aliphatic hydroxyl groups is 1. The van der Waals surface area contributed by atoms with Crippen LogP contribution in [0, 0.1) is 11.8 Å². The van der Waals surface area contributed by atoms with Crippen LogP contribution >= 0.6 is 0 Å². The summed E-state index contributed by atoms with van der Waals surface area (Å²) in [7, 11) is 0. The van der Waals surface area contributed by atoms with Crippen molar-refractivity contribution in [3.63, 3.8) is 0 Å². The van der Waals surface area contributed by atoms with Crippen LogP contribution in [0.4, 0.5) is 0 Å². The van der Waals surface area contributed by atoms with E-state index in [1.807, 2.05) is 0 Å². The molecule has 0 aromatic rings. The molecule has 2 aliphatic heterocycles. The SMILES string of the molecule is O=C(O)C1C2CC(O)C(O2)C1C(=O)O. The number of carboxylic acid groups (broad SMARTS) is 2. The fraction of sp³-hybridized carbons (Fsp3) is 0.750. The van der Waals surface area contributed by atoms with Crippen LogP contribution in [0.2, 0.25) is 0 Å². The van der Waals surface area contributed by atoms with Crippen molar-refractivity contribution in [2.45, 2.75) is 24.7 Å². The molecule has 14 heavy (non-hydrogen) atoms. The molecule has 2 aliphatic rings. The summed E-state index contributed by atoms with van der Waals surface area (Å²) in [6, 6.07) is 0. The number of ether oxygens (including phenoxy) is 1. The van der Waals surface area contributed by atoms with Crippen LogP contribution in [-0.2, 0) is 14.3 Å². The van der Waals surface area contributed by atoms with Gasteiger partial charge < -0.3 is 20.1 Å². The van der Waals surface area contributed by atoms with Gasteiger partial charge in [-0.2, -0.15) is 0 Å². The van der Waals surface area contributed by atoms with Gasteiger partial charge >= 0.3 is 11.9 Å². The average molecular weight is 202 g/mol. The van der Waals surface area contributed by atoms with E-state index in [0.717, 1.165) is 0 Å². The highest BCUT2D eigenvalue weighted by Crippen LogP contribution is 2.43. The molecule has 2 saturated heterocycles. The van der Waals surface area contributed by atoms with E-state index in [1.54, 1.807) is 0 Å². The Labute approximate surface area is 79.1 Å². The minimum atomic E-state index is -1.22. The van der Waals surface area contributed by atoms with Crippen LogP contribution in [0.5, 0.6) is 0 Å². The van der Waals surface area contributed by atoms with Gasteiger partial charge in [-0.05, 0) is 0 Å². The molecule has 2 fully saturated rings. The minimum Gasteiger partial charge on any atom is -0.481 e. The lowest BCUT2D eigenvalue weighted by atomic mass is 9.78. The quantitative estimate of drug-likeness (QED) is 0.526. The molecule has 0 aliphatic carbocycles. The van der Waals surface area contributed by atoms with Crippen molar-refractivity contribution in [2.75, 3.05) is 0 Å². The molecule has 0 aromatic heterocycles. The van der Waals surface area contributed by atoms with Crippen molar-refractivity contribution in [3.05, 3.63) is 0 Å². The molecule has 2 bridgehead atoms. The molecule has 0 radical (unpaired) electrons. The van der Waals surface area contributed by atoms with E-state index in [4.69, 9.17) is 14.9 Å². The lowest BCUT2D eigenvalue weighted by Gasteiger charge is -2.24. The lowest BCUT2D eigenvalue weighted by molar-refractivity contribution is -0.155. The highest BCUT2D eigenvalue weighted by atomic mass is 16.5. The van der Waals surface area contributed by atoms with Gasteiger partial charge in [0.1, 0.15) is 5.92 Å². The first-order valence-corrected chi connectivity index (χ1v) is 4.31. The van der Waals surface area contributed by atoms with Gasteiger partial charge in [0.25, 0.3) is 0 Å². The molecule has 6 heteroatoms. The molecule has 2 rings (SSSR count). The van der Waals surface area contributed by atoms with E-state index < -0.39 is 42.1 Å². The van der Waals surface area contributed by atoms with Gasteiger partial charge in [-0.15, -0.1) is 0 Å². The third kappa shape index (κ3) is 1.11. The molecule has 0 spiro atoms. The molecule has 6 nitrogen and oxygen atoms in total. The predicted molar refractivity (Wildman–Crippen MR) is 41.5 cm³/mol. The average Bonchev–Trinajstić information content (AvgIpc) is 2.58. The van der Waals surface area contributed by atoms with Gasteiger partial charge in [0.2, 0.25) is 0 Å². The Hall–Kier alpha value is -1.14. The maximum atomic E-state index is 10.8. The number of aliphatic carboxylic acids is 2. The van der Waals surface area contributed by atoms with E-state index >= 15 is 0 Å². The molecular formula is C8H10O6. The number of aliphatic hydroxyl groups excluding tert-OH is 1. The van der Waals surface area contributed by atoms with E-state index in [9.17, 15) is 14.7 Å². The summed E-state index contributed by atoms with van der Waals surface area (Å²) in [6.07, 6.45) is -2.16. The number of hydrogen-bond donors (Lipinski definition) is 3. The molecular weight excluding hydrogens is 192 g/mol. The monoisotopic (exact) mass is 202 g/mol. The van der Waals surface area contributed by atoms with Crippen LogP contribution < -0.4 is 0 Å². The molecule has 0 aromatic carbocycles. The summed E-state index contributed by atoms with van der Waals surface area (Å²) in [5.74, 6) is -4.54. The zero-order valence-electron chi connectivity index (χ0n) is 7.16. The topological polar surface area (TPSA) is 104 Å². The zero-order chi connectivity index (χ0) is 10.5. The first-order chi connectivity index (χ1) is 6.52. The Morgan fingerprint density at radius 1 is 1.14 bits per heavy atom. The fourth-order valence-electron chi connectivity index (χ4n) is 2.32. The van der Waals surface area contributed by atoms with Crippen LogP contribution in [0.3, 0.4) is 0 Å². The van der Waals surface area contributed by atoms with Crippen molar-refractivity contribution >= 4 is 11.9 Å². The number of carboxylic acids is 2. The second kappa shape index (κ2) is 2.93. The van der Waals surface area contributed by atoms with Crippen molar-refractivity contribution in [2.24, 2.45) is 11.8 Å². The van der Waals surface area contributed by atoms with Crippen LogP contribution in [0.1, 0.15) is 6.42 Å². The van der Waals surface area contributed by atoms with Gasteiger partial charge in [0, 0.05) is 6.42 Å². The minimum absolute atomic E-state index is 0.214. The highest BCUT2D eigenvalue weighted by molar-refractivity contribution is 5.82. The zero-order valence-corrected chi connectivity index (χ0v) is 7.16. The molecule has 2 heterocycles. The Kier molecular flexibility index (Phi) is 1.97. The Morgan fingerprint density at radius 2 is 1.71 bits per heavy atom. The second-order valence-electron chi connectivity index (χ2n) is 3.67. The van der Waals surface area contributed by atoms with Gasteiger partial charge in [0.15, 0.2) is 0 Å². The van der Waals surface area contributed by atoms with E-state index in [-0.39, 0.29) is 6.42 Å². The summed E-state index contributed by atoms with van der Waals surface area (Å²) >= 11 is 0. The number of carbonyl (C=O) groups is 2. The van der Waals surface area contributed by atoms with Crippen LogP contribution in [-0.4, -0.2) is 45.6 Å². The first-order valence-electron chi connectivity index (χ1n) is 4.31. The van der Waals surface area contributed by atoms with Gasteiger partial charge in [-0.1, -0.05) is 0 Å². The number of hydrogen-bond acceptors (Lipinski definition) is 4. The van der Waals surface area contributed by atoms with Gasteiger partial charge in [0.05, 0.1) is 24.2 Å². The highest BCUT2D eigenvalue weighted by Gasteiger charge is 2.59. The van der Waals surface area contributed by atoms with E-state index in [0.29, 0.717) is 0 Å². The predicted octanol–water partition coefficient (Wildman–Crippen LogP) is -1.08. The summed E-state index contributed by atoms with van der Waals surface area (Å²) < 4.78 is 5.12. The summed E-state index contributed by atoms with van der Waals surface area (Å²) in [5.41, 5.74) is 0. The van der Waals surface area contributed by atoms with E-state index in [1.165, 1.54) is 0 Å². The normalized spacial score (nSPS) is 45.4. The summed E-state index contributed by atoms with van der Waals surface area (Å²) in [4.78, 5) is 21.6. The maximum Gasteiger partial charge on any atom is 0.310 e. The summed E-state index contributed by atoms with van der Waals surface area (Å²) in [6.45, 7) is 0. The number of rotatable bonds is 2. The number of fused-ring (bicyclic) bond motifs is 2. The molecule has 0 saturated carbocycles. The van der Waals surface area contributed by atoms with Crippen molar-refractivity contribution in [3.8, 4) is 0 Å². The standard InChI is InChI=1S/C8H10O6/c9-2-1-3-4(7(10)11)5(8(12)13)6(2)14-3/h2-6,9H,1H2,(H,10,11)(H,12,13). The Balaban J connectivity index is 2.27. The fourth-order valence-corrected chi connectivity index (χ4v) is 2.32. The molecule has 5 atom stereocenters. The Bertz CT molecular complexity index is 288. The largest absolute Gasteiger partial charge is 0.481 e. The van der Waals surface area contributed by atoms with Crippen LogP contribution in [0.25, 0.3) is 0 Å². The maximum absolute atomic E-state index is 10.8. The third-order valence-corrected chi connectivity index (χ3v) is 2.90. The van der Waals surface area contributed by atoms with Gasteiger partial charge in [-0.3, -0.25) is 9.59 Å². The molecule has 0 amide bonds. The van der Waals surface area contributed by atoms with Crippen molar-refractivity contribution in [1.82, 2.24) is 0 Å². The van der Waals surface area contributed by atoms with E-state index in [2.05, 4.69) is 0 Å². The second-order valence-corrected chi connectivity index (χ2v) is 3.67. The lowest BCUT2D eigenvalue weighted by Crippen LogP contribution is -2.43. The molecule has 5 unspecified atom stereocenters. The third-order valence-electron chi connectivity index (χ3n) is 2.90. The smallest absolute Gasteiger partial charge is 0.310 e. The summed E-state index contributed by atoms with van der Waals surface area (Å²) in [5, 5.41) is 27.0.